The summed E-state index contributed by atoms with van der Waals surface area (Å²) in [6.07, 6.45) is 0. The van der Waals surface area contributed by atoms with Crippen LogP contribution < -0.4 is 4.74 Å². The fraction of sp³-hybridized carbons (Fsp3) is 0.238. The molecule has 3 aromatic rings. The average molecular weight is 350 g/mol. The molecule has 0 N–H and O–H groups in total. The van der Waals surface area contributed by atoms with Gasteiger partial charge >= 0.3 is 5.97 Å². The highest BCUT2D eigenvalue weighted by Gasteiger charge is 2.16. The number of carbonyl (C=O) groups excluding carboxylic acids is 1. The summed E-state index contributed by atoms with van der Waals surface area (Å²) >= 11 is 0. The van der Waals surface area contributed by atoms with Crippen molar-refractivity contribution in [2.45, 2.75) is 20.4 Å². The van der Waals surface area contributed by atoms with Crippen LogP contribution >= 0.6 is 0 Å². The van der Waals surface area contributed by atoms with E-state index in [1.165, 1.54) is 5.56 Å². The molecule has 0 saturated heterocycles. The van der Waals surface area contributed by atoms with Crippen LogP contribution in [0.4, 0.5) is 0 Å². The molecule has 0 aliphatic rings. The molecule has 134 valence electrons. The Morgan fingerprint density at radius 2 is 1.77 bits per heavy atom. The maximum Gasteiger partial charge on any atom is 0.358 e. The normalized spacial score (nSPS) is 10.6. The van der Waals surface area contributed by atoms with Gasteiger partial charge in [-0.1, -0.05) is 42.0 Å². The minimum absolute atomic E-state index is 0.316. The van der Waals surface area contributed by atoms with Gasteiger partial charge < -0.3 is 9.47 Å². The van der Waals surface area contributed by atoms with Crippen molar-refractivity contribution in [2.24, 2.45) is 0 Å². The standard InChI is InChI=1S/C21H22N2O3/c1-4-26-21(24)19-13-20(17-9-5-15(2)6-10-17)23(22-19)14-16-7-11-18(25-3)12-8-16/h5-13H,4,14H2,1-3H3. The van der Waals surface area contributed by atoms with Crippen molar-refractivity contribution in [3.63, 3.8) is 0 Å². The fourth-order valence-corrected chi connectivity index (χ4v) is 2.70. The number of aromatic nitrogens is 2. The molecule has 5 heteroatoms. The van der Waals surface area contributed by atoms with E-state index in [9.17, 15) is 4.79 Å². The molecule has 26 heavy (non-hydrogen) atoms. The Morgan fingerprint density at radius 1 is 1.08 bits per heavy atom. The SMILES string of the molecule is CCOC(=O)c1cc(-c2ccc(C)cc2)n(Cc2ccc(OC)cc2)n1. The van der Waals surface area contributed by atoms with Gasteiger partial charge in [0, 0.05) is 0 Å². The van der Waals surface area contributed by atoms with E-state index in [-0.39, 0.29) is 0 Å². The molecule has 0 bridgehead atoms. The molecule has 0 aliphatic heterocycles. The van der Waals surface area contributed by atoms with E-state index in [0.29, 0.717) is 18.8 Å². The van der Waals surface area contributed by atoms with Gasteiger partial charge in [0.05, 0.1) is 26.0 Å². The Hall–Kier alpha value is -3.08. The van der Waals surface area contributed by atoms with Crippen molar-refractivity contribution in [2.75, 3.05) is 13.7 Å². The van der Waals surface area contributed by atoms with Gasteiger partial charge in [-0.15, -0.1) is 0 Å². The number of methoxy groups -OCH3 is 1. The second-order valence-corrected chi connectivity index (χ2v) is 6.01. The largest absolute Gasteiger partial charge is 0.497 e. The van der Waals surface area contributed by atoms with Gasteiger partial charge in [0.2, 0.25) is 0 Å². The summed E-state index contributed by atoms with van der Waals surface area (Å²) < 4.78 is 12.1. The molecule has 0 unspecified atom stereocenters. The van der Waals surface area contributed by atoms with Crippen molar-refractivity contribution < 1.29 is 14.3 Å². The van der Waals surface area contributed by atoms with Gasteiger partial charge in [0.15, 0.2) is 5.69 Å². The lowest BCUT2D eigenvalue weighted by molar-refractivity contribution is 0.0518. The number of benzene rings is 2. The molecule has 1 heterocycles. The fourth-order valence-electron chi connectivity index (χ4n) is 2.70. The number of aryl methyl sites for hydroxylation is 1. The Balaban J connectivity index is 1.97. The molecule has 0 aliphatic carbocycles. The maximum absolute atomic E-state index is 12.1. The van der Waals surface area contributed by atoms with Crippen LogP contribution in [0.15, 0.2) is 54.6 Å². The Labute approximate surface area is 153 Å². The molecule has 0 amide bonds. The smallest absolute Gasteiger partial charge is 0.358 e. The molecule has 2 aromatic carbocycles. The Bertz CT molecular complexity index is 881. The van der Waals surface area contributed by atoms with Crippen molar-refractivity contribution in [3.05, 3.63) is 71.4 Å². The minimum Gasteiger partial charge on any atom is -0.497 e. The summed E-state index contributed by atoms with van der Waals surface area (Å²) in [4.78, 5) is 12.1. The number of hydrogen-bond donors (Lipinski definition) is 0. The third-order valence-electron chi connectivity index (χ3n) is 4.10. The predicted molar refractivity (Wildman–Crippen MR) is 100 cm³/mol. The van der Waals surface area contributed by atoms with Gasteiger partial charge in [-0.3, -0.25) is 4.68 Å². The summed E-state index contributed by atoms with van der Waals surface area (Å²) in [5.74, 6) is 0.398. The van der Waals surface area contributed by atoms with Crippen LogP contribution in [-0.2, 0) is 11.3 Å². The van der Waals surface area contributed by atoms with Crippen LogP contribution in [0.3, 0.4) is 0 Å². The lowest BCUT2D eigenvalue weighted by atomic mass is 10.1. The van der Waals surface area contributed by atoms with E-state index in [4.69, 9.17) is 9.47 Å². The van der Waals surface area contributed by atoms with Crippen molar-refractivity contribution in [3.8, 4) is 17.0 Å². The second kappa shape index (κ2) is 7.87. The monoisotopic (exact) mass is 350 g/mol. The quantitative estimate of drug-likeness (QED) is 0.628. The molecule has 0 radical (unpaired) electrons. The Kier molecular flexibility index (Phi) is 5.37. The van der Waals surface area contributed by atoms with Crippen LogP contribution in [0, 0.1) is 6.92 Å². The molecule has 5 nitrogen and oxygen atoms in total. The molecule has 0 saturated carbocycles. The summed E-state index contributed by atoms with van der Waals surface area (Å²) in [6.45, 7) is 4.70. The third kappa shape index (κ3) is 3.94. The van der Waals surface area contributed by atoms with Crippen molar-refractivity contribution in [1.29, 1.82) is 0 Å². The number of hydrogen-bond acceptors (Lipinski definition) is 4. The number of carbonyl (C=O) groups is 1. The second-order valence-electron chi connectivity index (χ2n) is 6.01. The first-order valence-corrected chi connectivity index (χ1v) is 8.55. The van der Waals surface area contributed by atoms with Crippen LogP contribution in [0.5, 0.6) is 5.75 Å². The topological polar surface area (TPSA) is 53.4 Å². The van der Waals surface area contributed by atoms with E-state index in [2.05, 4.69) is 5.10 Å². The lowest BCUT2D eigenvalue weighted by Crippen LogP contribution is -2.08. The molecule has 1 aromatic heterocycles. The summed E-state index contributed by atoms with van der Waals surface area (Å²) in [5.41, 5.74) is 4.45. The predicted octanol–water partition coefficient (Wildman–Crippen LogP) is 4.09. The van der Waals surface area contributed by atoms with Gasteiger partial charge in [-0.25, -0.2) is 4.79 Å². The van der Waals surface area contributed by atoms with Gasteiger partial charge in [-0.2, -0.15) is 5.10 Å². The van der Waals surface area contributed by atoms with E-state index in [1.54, 1.807) is 20.1 Å². The number of esters is 1. The van der Waals surface area contributed by atoms with Crippen LogP contribution in [0.2, 0.25) is 0 Å². The lowest BCUT2D eigenvalue weighted by Gasteiger charge is -2.09. The molecule has 0 atom stereocenters. The van der Waals surface area contributed by atoms with E-state index < -0.39 is 5.97 Å². The van der Waals surface area contributed by atoms with Crippen molar-refractivity contribution in [1.82, 2.24) is 9.78 Å². The highest BCUT2D eigenvalue weighted by molar-refractivity contribution is 5.88. The van der Waals surface area contributed by atoms with Crippen molar-refractivity contribution >= 4 is 5.97 Å². The average Bonchev–Trinajstić information content (AvgIpc) is 3.07. The van der Waals surface area contributed by atoms with E-state index in [0.717, 1.165) is 22.6 Å². The zero-order valence-corrected chi connectivity index (χ0v) is 15.2. The first kappa shape index (κ1) is 17.7. The molecule has 3 rings (SSSR count). The third-order valence-corrected chi connectivity index (χ3v) is 4.10. The number of rotatable bonds is 6. The van der Waals surface area contributed by atoms with Crippen LogP contribution in [-0.4, -0.2) is 29.5 Å². The molecular formula is C21H22N2O3. The van der Waals surface area contributed by atoms with E-state index in [1.807, 2.05) is 60.1 Å². The Morgan fingerprint density at radius 3 is 2.38 bits per heavy atom. The maximum atomic E-state index is 12.1. The van der Waals surface area contributed by atoms with Crippen LogP contribution in [0.25, 0.3) is 11.3 Å². The highest BCUT2D eigenvalue weighted by Crippen LogP contribution is 2.23. The number of ether oxygens (including phenoxy) is 2. The van der Waals surface area contributed by atoms with E-state index >= 15 is 0 Å². The summed E-state index contributed by atoms with van der Waals surface area (Å²) in [5, 5.41) is 4.48. The molecular weight excluding hydrogens is 328 g/mol. The highest BCUT2D eigenvalue weighted by atomic mass is 16.5. The van der Waals surface area contributed by atoms with Crippen LogP contribution in [0.1, 0.15) is 28.5 Å². The summed E-state index contributed by atoms with van der Waals surface area (Å²) in [7, 11) is 1.64. The van der Waals surface area contributed by atoms with Gasteiger partial charge in [0.25, 0.3) is 0 Å². The first-order valence-electron chi connectivity index (χ1n) is 8.55. The van der Waals surface area contributed by atoms with Gasteiger partial charge in [0.1, 0.15) is 5.75 Å². The molecule has 0 fully saturated rings. The zero-order valence-electron chi connectivity index (χ0n) is 15.2. The first-order chi connectivity index (χ1) is 12.6. The van der Waals surface area contributed by atoms with Gasteiger partial charge in [-0.05, 0) is 43.2 Å². The molecule has 0 spiro atoms. The minimum atomic E-state index is -0.408. The number of nitrogens with zero attached hydrogens (tertiary/aromatic N) is 2. The summed E-state index contributed by atoms with van der Waals surface area (Å²) in [6, 6.07) is 17.7. The zero-order chi connectivity index (χ0) is 18.5.